The number of aryl methyl sites for hydroxylation is 2. The van der Waals surface area contributed by atoms with Gasteiger partial charge in [-0.05, 0) is 55.2 Å². The molecule has 2 aromatic rings. The van der Waals surface area contributed by atoms with Crippen molar-refractivity contribution in [3.63, 3.8) is 0 Å². The first-order valence-corrected chi connectivity index (χ1v) is 8.35. The molecule has 0 aliphatic carbocycles. The second-order valence-corrected chi connectivity index (χ2v) is 6.45. The Hall–Kier alpha value is -2.96. The predicted molar refractivity (Wildman–Crippen MR) is 95.8 cm³/mol. The maximum atomic E-state index is 12.9. The number of nitrogens with one attached hydrogen (secondary N) is 2. The number of alkyl halides is 3. The normalized spacial score (nSPS) is 16.7. The van der Waals surface area contributed by atoms with E-state index in [2.05, 4.69) is 15.4 Å². The Morgan fingerprint density at radius 1 is 1.04 bits per heavy atom. The molecule has 1 heterocycles. The monoisotopic (exact) mass is 376 g/mol. The Bertz CT molecular complexity index is 900. The molecule has 1 unspecified atom stereocenters. The van der Waals surface area contributed by atoms with Crippen LogP contribution < -0.4 is 15.4 Å². The van der Waals surface area contributed by atoms with Gasteiger partial charge in [0.1, 0.15) is 11.9 Å². The number of ether oxygens (including phenoxy) is 1. The van der Waals surface area contributed by atoms with Crippen LogP contribution in [-0.4, -0.2) is 12.6 Å². The molecule has 1 atom stereocenters. The number of aldehydes is 1. The van der Waals surface area contributed by atoms with E-state index in [4.69, 9.17) is 0 Å². The van der Waals surface area contributed by atoms with E-state index in [1.165, 1.54) is 6.07 Å². The Kier molecular flexibility index (Phi) is 4.87. The zero-order valence-corrected chi connectivity index (χ0v) is 15.1. The third-order valence-corrected chi connectivity index (χ3v) is 4.50. The molecule has 0 bridgehead atoms. The summed E-state index contributed by atoms with van der Waals surface area (Å²) >= 11 is 0. The van der Waals surface area contributed by atoms with E-state index >= 15 is 0 Å². The minimum atomic E-state index is -4.79. The number of rotatable bonds is 4. The van der Waals surface area contributed by atoms with E-state index in [1.807, 2.05) is 32.0 Å². The molecule has 27 heavy (non-hydrogen) atoms. The predicted octanol–water partition coefficient (Wildman–Crippen LogP) is 4.49. The van der Waals surface area contributed by atoms with Crippen LogP contribution in [0.3, 0.4) is 0 Å². The van der Waals surface area contributed by atoms with Crippen molar-refractivity contribution in [3.05, 3.63) is 64.5 Å². The lowest BCUT2D eigenvalue weighted by molar-refractivity contribution is -0.274. The van der Waals surface area contributed by atoms with Gasteiger partial charge in [0.05, 0.1) is 5.70 Å². The molecule has 3 rings (SSSR count). The molecule has 1 aliphatic rings. The second-order valence-electron chi connectivity index (χ2n) is 6.45. The molecule has 4 nitrogen and oxygen atoms in total. The first-order valence-electron chi connectivity index (χ1n) is 8.35. The molecule has 0 saturated carbocycles. The average molecular weight is 376 g/mol. The van der Waals surface area contributed by atoms with E-state index in [1.54, 1.807) is 19.1 Å². The van der Waals surface area contributed by atoms with Gasteiger partial charge in [0, 0.05) is 11.3 Å². The van der Waals surface area contributed by atoms with Gasteiger partial charge < -0.3 is 15.4 Å². The summed E-state index contributed by atoms with van der Waals surface area (Å²) < 4.78 is 43.0. The number of benzene rings is 2. The van der Waals surface area contributed by atoms with E-state index in [0.29, 0.717) is 34.4 Å². The standard InChI is InChI=1S/C20H19F3N2O2/c1-11-5-4-6-12(2)18(11)15-9-14(7-8-17(15)27-20(21,22)23)19-24-13(3)16(10-26)25-19/h4-10,19,24-25H,1-3H3. The van der Waals surface area contributed by atoms with Crippen LogP contribution in [0.1, 0.15) is 29.8 Å². The van der Waals surface area contributed by atoms with E-state index in [-0.39, 0.29) is 5.75 Å². The topological polar surface area (TPSA) is 50.4 Å². The van der Waals surface area contributed by atoms with Crippen LogP contribution >= 0.6 is 0 Å². The highest BCUT2D eigenvalue weighted by atomic mass is 19.4. The van der Waals surface area contributed by atoms with Crippen LogP contribution in [0.25, 0.3) is 11.1 Å². The van der Waals surface area contributed by atoms with Gasteiger partial charge >= 0.3 is 6.36 Å². The highest BCUT2D eigenvalue weighted by Crippen LogP contribution is 2.39. The van der Waals surface area contributed by atoms with Crippen molar-refractivity contribution in [2.24, 2.45) is 0 Å². The van der Waals surface area contributed by atoms with Crippen LogP contribution in [0, 0.1) is 13.8 Å². The number of hydrogen-bond donors (Lipinski definition) is 2. The van der Waals surface area contributed by atoms with Crippen molar-refractivity contribution in [1.29, 1.82) is 0 Å². The largest absolute Gasteiger partial charge is 0.573 e. The van der Waals surface area contributed by atoms with Crippen molar-refractivity contribution in [1.82, 2.24) is 10.6 Å². The third kappa shape index (κ3) is 3.92. The maximum absolute atomic E-state index is 12.9. The third-order valence-electron chi connectivity index (χ3n) is 4.50. The van der Waals surface area contributed by atoms with E-state index < -0.39 is 12.5 Å². The summed E-state index contributed by atoms with van der Waals surface area (Å²) in [6.45, 7) is 5.44. The summed E-state index contributed by atoms with van der Waals surface area (Å²) in [5, 5.41) is 6.14. The van der Waals surface area contributed by atoms with Crippen LogP contribution in [0.5, 0.6) is 5.75 Å². The molecule has 142 valence electrons. The Balaban J connectivity index is 2.09. The van der Waals surface area contributed by atoms with E-state index in [9.17, 15) is 18.0 Å². The van der Waals surface area contributed by atoms with Crippen molar-refractivity contribution in [3.8, 4) is 16.9 Å². The first kappa shape index (κ1) is 18.8. The lowest BCUT2D eigenvalue weighted by Gasteiger charge is -2.20. The van der Waals surface area contributed by atoms with Crippen molar-refractivity contribution >= 4 is 6.29 Å². The number of carbonyl (C=O) groups is 1. The van der Waals surface area contributed by atoms with Gasteiger partial charge in [-0.25, -0.2) is 0 Å². The summed E-state index contributed by atoms with van der Waals surface area (Å²) in [6, 6.07) is 10.0. The highest BCUT2D eigenvalue weighted by Gasteiger charge is 2.33. The molecule has 2 aromatic carbocycles. The summed E-state index contributed by atoms with van der Waals surface area (Å²) in [5.74, 6) is -0.262. The average Bonchev–Trinajstić information content (AvgIpc) is 2.95. The van der Waals surface area contributed by atoms with Crippen LogP contribution in [0.2, 0.25) is 0 Å². The summed E-state index contributed by atoms with van der Waals surface area (Å²) in [7, 11) is 0. The number of allylic oxidation sites excluding steroid dienone is 2. The fraction of sp³-hybridized carbons (Fsp3) is 0.250. The molecule has 0 radical (unpaired) electrons. The number of carbonyl (C=O) groups excluding carboxylic acids is 1. The summed E-state index contributed by atoms with van der Waals surface area (Å²) in [5.41, 5.74) is 4.52. The molecule has 1 aliphatic heterocycles. The zero-order valence-electron chi connectivity index (χ0n) is 15.1. The highest BCUT2D eigenvalue weighted by molar-refractivity contribution is 5.77. The lowest BCUT2D eigenvalue weighted by atomic mass is 9.93. The van der Waals surface area contributed by atoms with Crippen LogP contribution in [-0.2, 0) is 4.79 Å². The molecule has 0 aromatic heterocycles. The first-order chi connectivity index (χ1) is 12.7. The van der Waals surface area contributed by atoms with Gasteiger partial charge in [0.25, 0.3) is 0 Å². The van der Waals surface area contributed by atoms with Gasteiger partial charge in [0.15, 0.2) is 6.29 Å². The second kappa shape index (κ2) is 6.98. The van der Waals surface area contributed by atoms with Gasteiger partial charge in [-0.3, -0.25) is 4.79 Å². The van der Waals surface area contributed by atoms with Gasteiger partial charge in [-0.2, -0.15) is 0 Å². The summed E-state index contributed by atoms with van der Waals surface area (Å²) in [4.78, 5) is 11.1. The Morgan fingerprint density at radius 2 is 1.70 bits per heavy atom. The molecule has 0 spiro atoms. The SMILES string of the molecule is CC1=C(C=O)NC(c2ccc(OC(F)(F)F)c(-c3c(C)cccc3C)c2)N1. The van der Waals surface area contributed by atoms with Crippen molar-refractivity contribution in [2.45, 2.75) is 33.3 Å². The number of halogens is 3. The van der Waals surface area contributed by atoms with E-state index in [0.717, 1.165) is 11.1 Å². The molecule has 7 heteroatoms. The molecule has 2 N–H and O–H groups in total. The molecular formula is C20H19F3N2O2. The Labute approximate surface area is 155 Å². The minimum absolute atomic E-state index is 0.262. The zero-order chi connectivity index (χ0) is 19.8. The van der Waals surface area contributed by atoms with Gasteiger partial charge in [-0.15, -0.1) is 13.2 Å². The fourth-order valence-corrected chi connectivity index (χ4v) is 3.26. The maximum Gasteiger partial charge on any atom is 0.573 e. The van der Waals surface area contributed by atoms with Crippen LogP contribution in [0.4, 0.5) is 13.2 Å². The lowest BCUT2D eigenvalue weighted by Crippen LogP contribution is -2.24. The number of hydrogen-bond acceptors (Lipinski definition) is 4. The Morgan fingerprint density at radius 3 is 2.26 bits per heavy atom. The fourth-order valence-electron chi connectivity index (χ4n) is 3.26. The molecule has 0 saturated heterocycles. The molecule has 0 amide bonds. The quantitative estimate of drug-likeness (QED) is 0.772. The van der Waals surface area contributed by atoms with Gasteiger partial charge in [0.2, 0.25) is 0 Å². The molecular weight excluding hydrogens is 357 g/mol. The minimum Gasteiger partial charge on any atom is -0.405 e. The summed E-state index contributed by atoms with van der Waals surface area (Å²) in [6.07, 6.45) is -4.50. The molecule has 0 fully saturated rings. The van der Waals surface area contributed by atoms with Crippen molar-refractivity contribution < 1.29 is 22.7 Å². The smallest absolute Gasteiger partial charge is 0.405 e. The van der Waals surface area contributed by atoms with Crippen molar-refractivity contribution in [2.75, 3.05) is 0 Å². The van der Waals surface area contributed by atoms with Gasteiger partial charge in [-0.1, -0.05) is 24.3 Å². The van der Waals surface area contributed by atoms with Crippen LogP contribution in [0.15, 0.2) is 47.8 Å².